The molecule has 0 spiro atoms. The molecule has 2 atom stereocenters. The lowest BCUT2D eigenvalue weighted by molar-refractivity contribution is -0.394. The molecular formula is C32H48N4O8S. The monoisotopic (exact) mass is 648 g/mol. The van der Waals surface area contributed by atoms with E-state index < -0.39 is 43.3 Å². The van der Waals surface area contributed by atoms with E-state index in [2.05, 4.69) is 17.6 Å². The maximum atomic E-state index is 13.2. The number of nitro benzene ring substituents is 2. The second-order valence-electron chi connectivity index (χ2n) is 11.7. The number of carbonyl (C=O) groups is 1. The molecule has 0 aliphatic rings. The minimum absolute atomic E-state index is 0.00984. The molecule has 0 heterocycles. The second-order valence-corrected chi connectivity index (χ2v) is 13.1. The number of nitro groups is 2. The number of nitrogens with one attached hydrogen (secondary N) is 2. The van der Waals surface area contributed by atoms with Gasteiger partial charge in [-0.1, -0.05) is 103 Å². The van der Waals surface area contributed by atoms with Gasteiger partial charge in [0.1, 0.15) is 4.90 Å². The molecule has 0 saturated heterocycles. The number of benzene rings is 2. The van der Waals surface area contributed by atoms with Crippen molar-refractivity contribution in [2.24, 2.45) is 5.92 Å². The fraction of sp³-hybridized carbons (Fsp3) is 0.594. The first-order chi connectivity index (χ1) is 21.4. The van der Waals surface area contributed by atoms with Crippen LogP contribution in [0.3, 0.4) is 0 Å². The van der Waals surface area contributed by atoms with E-state index in [9.17, 15) is 38.0 Å². The van der Waals surface area contributed by atoms with Crippen LogP contribution in [0.4, 0.5) is 17.1 Å². The summed E-state index contributed by atoms with van der Waals surface area (Å²) in [6.07, 6.45) is 15.8. The molecule has 3 N–H and O–H groups in total. The molecule has 0 aromatic heterocycles. The van der Waals surface area contributed by atoms with Crippen LogP contribution in [-0.4, -0.2) is 41.3 Å². The molecule has 1 amide bonds. The summed E-state index contributed by atoms with van der Waals surface area (Å²) in [7, 11) is -4.45. The molecule has 2 aromatic carbocycles. The Morgan fingerprint density at radius 3 is 1.84 bits per heavy atom. The van der Waals surface area contributed by atoms with Gasteiger partial charge in [0.2, 0.25) is 0 Å². The first-order valence-corrected chi connectivity index (χ1v) is 17.4. The van der Waals surface area contributed by atoms with Crippen LogP contribution in [0.2, 0.25) is 0 Å². The van der Waals surface area contributed by atoms with E-state index in [1.165, 1.54) is 76.0 Å². The number of carbonyl (C=O) groups excluding carboxylic acids is 1. The topological polar surface area (TPSA) is 182 Å². The SMILES string of the molecule is CCCCCCCCCCCCCCC(C)C(CCNc1ccccc1S(=O)(=O)O)NC(=O)c1cc([N+](=O)[O-])cc([N+](=O)[O-])c1. The van der Waals surface area contributed by atoms with Crippen LogP contribution in [0.15, 0.2) is 47.4 Å². The Labute approximate surface area is 266 Å². The van der Waals surface area contributed by atoms with Crippen LogP contribution in [0.5, 0.6) is 0 Å². The van der Waals surface area contributed by atoms with E-state index in [4.69, 9.17) is 0 Å². The third-order valence-corrected chi connectivity index (χ3v) is 8.95. The van der Waals surface area contributed by atoms with Gasteiger partial charge >= 0.3 is 0 Å². The highest BCUT2D eigenvalue weighted by Gasteiger charge is 2.24. The Hall–Kier alpha value is -3.58. The van der Waals surface area contributed by atoms with Crippen LogP contribution >= 0.6 is 0 Å². The summed E-state index contributed by atoms with van der Waals surface area (Å²) in [6.45, 7) is 4.46. The van der Waals surface area contributed by atoms with Crippen molar-refractivity contribution >= 4 is 33.1 Å². The number of anilines is 1. The van der Waals surface area contributed by atoms with E-state index >= 15 is 0 Å². The van der Waals surface area contributed by atoms with E-state index in [0.29, 0.717) is 6.42 Å². The number of nitrogens with zero attached hydrogens (tertiary/aromatic N) is 2. The average molecular weight is 649 g/mol. The Morgan fingerprint density at radius 2 is 1.33 bits per heavy atom. The van der Waals surface area contributed by atoms with Gasteiger partial charge in [-0.15, -0.1) is 0 Å². The van der Waals surface area contributed by atoms with Gasteiger partial charge in [0.15, 0.2) is 0 Å². The van der Waals surface area contributed by atoms with Crippen LogP contribution in [0.1, 0.15) is 114 Å². The quantitative estimate of drug-likeness (QED) is 0.0464. The van der Waals surface area contributed by atoms with Crippen LogP contribution in [-0.2, 0) is 10.1 Å². The second kappa shape index (κ2) is 19.7. The standard InChI is InChI=1S/C32H48N4O8S/c1-3-4-5-6-7-8-9-10-11-12-13-14-17-25(2)29(20-21-33-30-18-15-16-19-31(30)45(42,43)44)34-32(37)26-22-27(35(38)39)24-28(23-26)36(40)41/h15-16,18-19,22-25,29,33H,3-14,17,20-21H2,1-2H3,(H,34,37)(H,42,43,44). The fourth-order valence-corrected chi connectivity index (χ4v) is 6.06. The summed E-state index contributed by atoms with van der Waals surface area (Å²) < 4.78 is 33.1. The van der Waals surface area contributed by atoms with Crippen molar-refractivity contribution in [2.45, 2.75) is 115 Å². The third kappa shape index (κ3) is 13.9. The summed E-state index contributed by atoms with van der Waals surface area (Å²) in [5.41, 5.74) is -1.09. The van der Waals surface area contributed by atoms with Gasteiger partial charge in [-0.05, 0) is 30.9 Å². The van der Waals surface area contributed by atoms with E-state index in [-0.39, 0.29) is 28.6 Å². The zero-order chi connectivity index (χ0) is 33.2. The lowest BCUT2D eigenvalue weighted by Gasteiger charge is -2.26. The molecule has 0 aliphatic heterocycles. The van der Waals surface area contributed by atoms with E-state index in [0.717, 1.165) is 43.9 Å². The predicted molar refractivity (Wildman–Crippen MR) is 175 cm³/mol. The van der Waals surface area contributed by atoms with Crippen molar-refractivity contribution in [3.8, 4) is 0 Å². The van der Waals surface area contributed by atoms with Crippen molar-refractivity contribution in [3.05, 3.63) is 68.3 Å². The number of non-ortho nitro benzene ring substituents is 2. The fourth-order valence-electron chi connectivity index (χ4n) is 5.40. The van der Waals surface area contributed by atoms with Crippen molar-refractivity contribution in [3.63, 3.8) is 0 Å². The minimum Gasteiger partial charge on any atom is -0.384 e. The number of rotatable bonds is 23. The van der Waals surface area contributed by atoms with Gasteiger partial charge in [0.05, 0.1) is 27.2 Å². The van der Waals surface area contributed by atoms with Crippen molar-refractivity contribution in [1.82, 2.24) is 5.32 Å². The predicted octanol–water partition coefficient (Wildman–Crippen LogP) is 8.08. The molecular weight excluding hydrogens is 600 g/mol. The smallest absolute Gasteiger partial charge is 0.296 e. The molecule has 2 rings (SSSR count). The summed E-state index contributed by atoms with van der Waals surface area (Å²) >= 11 is 0. The van der Waals surface area contributed by atoms with Crippen LogP contribution < -0.4 is 10.6 Å². The lowest BCUT2D eigenvalue weighted by atomic mass is 9.92. The van der Waals surface area contributed by atoms with Crippen molar-refractivity contribution < 1.29 is 27.6 Å². The van der Waals surface area contributed by atoms with Gasteiger partial charge in [-0.25, -0.2) is 0 Å². The van der Waals surface area contributed by atoms with E-state index in [1.54, 1.807) is 6.07 Å². The maximum absolute atomic E-state index is 13.2. The number of hydrogen-bond donors (Lipinski definition) is 3. The Morgan fingerprint density at radius 1 is 0.822 bits per heavy atom. The molecule has 2 unspecified atom stereocenters. The van der Waals surface area contributed by atoms with Crippen LogP contribution in [0, 0.1) is 26.1 Å². The summed E-state index contributed by atoms with van der Waals surface area (Å²) in [5, 5.41) is 28.6. The number of amides is 1. The molecule has 0 fully saturated rings. The highest BCUT2D eigenvalue weighted by molar-refractivity contribution is 7.86. The first kappa shape index (κ1) is 37.6. The van der Waals surface area contributed by atoms with Gasteiger partial charge in [-0.3, -0.25) is 29.6 Å². The molecule has 250 valence electrons. The molecule has 2 aromatic rings. The zero-order valence-electron chi connectivity index (χ0n) is 26.4. The average Bonchev–Trinajstić information content (AvgIpc) is 3.00. The van der Waals surface area contributed by atoms with Gasteiger partial charge in [0, 0.05) is 24.7 Å². The summed E-state index contributed by atoms with van der Waals surface area (Å²) in [6, 6.07) is 8.33. The first-order valence-electron chi connectivity index (χ1n) is 16.0. The largest absolute Gasteiger partial charge is 0.384 e. The highest BCUT2D eigenvalue weighted by Crippen LogP contribution is 2.25. The number of para-hydroxylation sites is 1. The summed E-state index contributed by atoms with van der Waals surface area (Å²) in [5.74, 6) is -0.684. The highest BCUT2D eigenvalue weighted by atomic mass is 32.2. The molecule has 13 heteroatoms. The molecule has 45 heavy (non-hydrogen) atoms. The van der Waals surface area contributed by atoms with Crippen LogP contribution in [0.25, 0.3) is 0 Å². The van der Waals surface area contributed by atoms with Crippen molar-refractivity contribution in [2.75, 3.05) is 11.9 Å². The Kier molecular flexibility index (Phi) is 16.5. The normalized spacial score (nSPS) is 12.8. The van der Waals surface area contributed by atoms with Crippen molar-refractivity contribution in [1.29, 1.82) is 0 Å². The van der Waals surface area contributed by atoms with Gasteiger partial charge in [0.25, 0.3) is 27.4 Å². The third-order valence-electron chi connectivity index (χ3n) is 8.04. The number of hydrogen-bond acceptors (Lipinski definition) is 8. The molecule has 0 aliphatic carbocycles. The lowest BCUT2D eigenvalue weighted by Crippen LogP contribution is -2.40. The molecule has 12 nitrogen and oxygen atoms in total. The molecule has 0 radical (unpaired) electrons. The molecule has 0 saturated carbocycles. The maximum Gasteiger partial charge on any atom is 0.296 e. The minimum atomic E-state index is -4.45. The van der Waals surface area contributed by atoms with Gasteiger partial charge in [-0.2, -0.15) is 8.42 Å². The molecule has 0 bridgehead atoms. The van der Waals surface area contributed by atoms with E-state index in [1.807, 2.05) is 6.92 Å². The van der Waals surface area contributed by atoms with Gasteiger partial charge < -0.3 is 10.6 Å². The Bertz CT molecular complexity index is 1320. The zero-order valence-corrected chi connectivity index (χ0v) is 27.2. The summed E-state index contributed by atoms with van der Waals surface area (Å²) in [4.78, 5) is 34.0. The number of unbranched alkanes of at least 4 members (excludes halogenated alkanes) is 11. The Balaban J connectivity index is 2.00.